The van der Waals surface area contributed by atoms with Crippen molar-refractivity contribution in [2.75, 3.05) is 11.4 Å². The Balaban J connectivity index is 2.11. The van der Waals surface area contributed by atoms with Crippen LogP contribution in [-0.2, 0) is 6.42 Å². The number of nitrogen functional groups attached to an aromatic ring is 1. The van der Waals surface area contributed by atoms with Crippen LogP contribution in [0, 0.1) is 17.0 Å². The van der Waals surface area contributed by atoms with Crippen molar-refractivity contribution in [1.29, 1.82) is 5.41 Å². The van der Waals surface area contributed by atoms with Gasteiger partial charge in [0.2, 0.25) is 0 Å². The molecule has 0 aromatic heterocycles. The third-order valence-electron chi connectivity index (χ3n) is 3.48. The van der Waals surface area contributed by atoms with E-state index in [-0.39, 0.29) is 17.1 Å². The molecule has 1 aliphatic rings. The van der Waals surface area contributed by atoms with E-state index >= 15 is 0 Å². The van der Waals surface area contributed by atoms with Gasteiger partial charge in [-0.1, -0.05) is 18.2 Å². The largest absolute Gasteiger partial charge is 0.384 e. The van der Waals surface area contributed by atoms with Gasteiger partial charge in [-0.25, -0.2) is 8.78 Å². The Labute approximate surface area is 115 Å². The molecule has 0 amide bonds. The normalized spacial score (nSPS) is 13.4. The van der Waals surface area contributed by atoms with E-state index in [2.05, 4.69) is 0 Å². The minimum Gasteiger partial charge on any atom is -0.384 e. The van der Waals surface area contributed by atoms with Gasteiger partial charge >= 0.3 is 0 Å². The molecule has 5 heteroatoms. The minimum absolute atomic E-state index is 0.0521. The summed E-state index contributed by atoms with van der Waals surface area (Å²) in [6, 6.07) is 9.75. The highest BCUT2D eigenvalue weighted by atomic mass is 19.1. The van der Waals surface area contributed by atoms with E-state index in [0.29, 0.717) is 6.54 Å². The highest BCUT2D eigenvalue weighted by molar-refractivity contribution is 5.95. The molecular weight excluding hydrogens is 260 g/mol. The summed E-state index contributed by atoms with van der Waals surface area (Å²) in [6.45, 7) is 0.534. The van der Waals surface area contributed by atoms with Gasteiger partial charge in [-0.3, -0.25) is 5.41 Å². The van der Waals surface area contributed by atoms with Crippen LogP contribution in [0.25, 0.3) is 0 Å². The fraction of sp³-hybridized carbons (Fsp3) is 0.133. The van der Waals surface area contributed by atoms with Gasteiger partial charge in [0.15, 0.2) is 11.6 Å². The van der Waals surface area contributed by atoms with Gasteiger partial charge in [0, 0.05) is 17.8 Å². The molecule has 3 N–H and O–H groups in total. The highest BCUT2D eigenvalue weighted by Crippen LogP contribution is 2.37. The van der Waals surface area contributed by atoms with E-state index in [1.807, 2.05) is 24.3 Å². The van der Waals surface area contributed by atoms with Gasteiger partial charge in [-0.05, 0) is 30.2 Å². The third kappa shape index (κ3) is 1.91. The lowest BCUT2D eigenvalue weighted by molar-refractivity contribution is 0.581. The number of nitrogens with zero attached hydrogens (tertiary/aromatic N) is 1. The van der Waals surface area contributed by atoms with Crippen LogP contribution in [0.2, 0.25) is 0 Å². The summed E-state index contributed by atoms with van der Waals surface area (Å²) >= 11 is 0. The number of fused-ring (bicyclic) bond motifs is 1. The topological polar surface area (TPSA) is 53.1 Å². The smallest absolute Gasteiger partial charge is 0.150 e. The Morgan fingerprint density at radius 2 is 1.80 bits per heavy atom. The van der Waals surface area contributed by atoms with Crippen molar-refractivity contribution < 1.29 is 8.78 Å². The quantitative estimate of drug-likeness (QED) is 0.653. The zero-order chi connectivity index (χ0) is 14.3. The molecule has 3 rings (SSSR count). The average Bonchev–Trinajstić information content (AvgIpc) is 2.82. The zero-order valence-electron chi connectivity index (χ0n) is 10.7. The van der Waals surface area contributed by atoms with Crippen LogP contribution in [-0.4, -0.2) is 12.4 Å². The standard InChI is InChI=1S/C15H13F2N3/c16-11-7-10(15(18)19)8-12(17)14(11)20-6-5-9-3-1-2-4-13(9)20/h1-4,7-8H,5-6H2,(H3,18,19). The van der Waals surface area contributed by atoms with Crippen molar-refractivity contribution in [2.24, 2.45) is 5.73 Å². The number of nitrogens with one attached hydrogen (secondary N) is 1. The summed E-state index contributed by atoms with van der Waals surface area (Å²) in [5.74, 6) is -1.75. The van der Waals surface area contributed by atoms with Crippen LogP contribution in [0.15, 0.2) is 36.4 Å². The number of benzene rings is 2. The molecular formula is C15H13F2N3. The maximum atomic E-state index is 14.2. The highest BCUT2D eigenvalue weighted by Gasteiger charge is 2.25. The van der Waals surface area contributed by atoms with Crippen LogP contribution >= 0.6 is 0 Å². The number of para-hydroxylation sites is 1. The van der Waals surface area contributed by atoms with Crippen LogP contribution in [0.4, 0.5) is 20.2 Å². The number of nitrogens with two attached hydrogens (primary N) is 1. The third-order valence-corrected chi connectivity index (χ3v) is 3.48. The lowest BCUT2D eigenvalue weighted by atomic mass is 10.1. The van der Waals surface area contributed by atoms with Crippen molar-refractivity contribution in [3.63, 3.8) is 0 Å². The summed E-state index contributed by atoms with van der Waals surface area (Å²) in [5.41, 5.74) is 7.13. The summed E-state index contributed by atoms with van der Waals surface area (Å²) in [5, 5.41) is 7.26. The second-order valence-corrected chi connectivity index (χ2v) is 4.73. The van der Waals surface area contributed by atoms with Gasteiger partial charge in [-0.15, -0.1) is 0 Å². The van der Waals surface area contributed by atoms with Crippen LogP contribution in [0.3, 0.4) is 0 Å². The van der Waals surface area contributed by atoms with Crippen LogP contribution in [0.1, 0.15) is 11.1 Å². The van der Waals surface area contributed by atoms with Crippen molar-refractivity contribution in [3.8, 4) is 0 Å². The molecule has 0 saturated carbocycles. The molecule has 0 spiro atoms. The van der Waals surface area contributed by atoms with E-state index in [4.69, 9.17) is 11.1 Å². The molecule has 2 aromatic rings. The molecule has 0 saturated heterocycles. The second kappa shape index (κ2) is 4.59. The monoisotopic (exact) mass is 273 g/mol. The lowest BCUT2D eigenvalue weighted by Crippen LogP contribution is -2.18. The van der Waals surface area contributed by atoms with Crippen molar-refractivity contribution in [2.45, 2.75) is 6.42 Å². The van der Waals surface area contributed by atoms with E-state index in [1.165, 1.54) is 0 Å². The predicted molar refractivity (Wildman–Crippen MR) is 74.5 cm³/mol. The van der Waals surface area contributed by atoms with Crippen molar-refractivity contribution >= 4 is 17.2 Å². The molecule has 3 nitrogen and oxygen atoms in total. The van der Waals surface area contributed by atoms with Crippen molar-refractivity contribution in [3.05, 3.63) is 59.2 Å². The Morgan fingerprint density at radius 1 is 1.15 bits per heavy atom. The van der Waals surface area contributed by atoms with E-state index in [9.17, 15) is 8.78 Å². The maximum Gasteiger partial charge on any atom is 0.150 e. The van der Waals surface area contributed by atoms with Crippen LogP contribution in [0.5, 0.6) is 0 Å². The summed E-state index contributed by atoms with van der Waals surface area (Å²) in [6.07, 6.45) is 0.753. The Morgan fingerprint density at radius 3 is 2.45 bits per heavy atom. The number of hydrogen-bond acceptors (Lipinski definition) is 2. The lowest BCUT2D eigenvalue weighted by Gasteiger charge is -2.21. The molecule has 0 fully saturated rings. The SMILES string of the molecule is N=C(N)c1cc(F)c(N2CCc3ccccc32)c(F)c1. The van der Waals surface area contributed by atoms with Crippen LogP contribution < -0.4 is 10.6 Å². The first-order valence-corrected chi connectivity index (χ1v) is 6.27. The first kappa shape index (κ1) is 12.6. The second-order valence-electron chi connectivity index (χ2n) is 4.73. The predicted octanol–water partition coefficient (Wildman–Crippen LogP) is 2.94. The molecule has 20 heavy (non-hydrogen) atoms. The Kier molecular flexibility index (Phi) is 2.89. The zero-order valence-corrected chi connectivity index (χ0v) is 10.7. The molecule has 0 unspecified atom stereocenters. The molecule has 0 radical (unpaired) electrons. The molecule has 1 heterocycles. The maximum absolute atomic E-state index is 14.2. The van der Waals surface area contributed by atoms with E-state index < -0.39 is 11.6 Å². The summed E-state index contributed by atoms with van der Waals surface area (Å²) < 4.78 is 28.4. The average molecular weight is 273 g/mol. The molecule has 0 aliphatic carbocycles. The molecule has 2 aromatic carbocycles. The fourth-order valence-corrected chi connectivity index (χ4v) is 2.55. The van der Waals surface area contributed by atoms with Gasteiger partial charge in [-0.2, -0.15) is 0 Å². The van der Waals surface area contributed by atoms with E-state index in [1.54, 1.807) is 4.90 Å². The van der Waals surface area contributed by atoms with Gasteiger partial charge in [0.25, 0.3) is 0 Å². The summed E-state index contributed by atoms with van der Waals surface area (Å²) in [4.78, 5) is 1.63. The molecule has 0 bridgehead atoms. The molecule has 1 aliphatic heterocycles. The van der Waals surface area contributed by atoms with Gasteiger partial charge in [0.05, 0.1) is 0 Å². The van der Waals surface area contributed by atoms with Crippen molar-refractivity contribution in [1.82, 2.24) is 0 Å². The number of hydrogen-bond donors (Lipinski definition) is 2. The van der Waals surface area contributed by atoms with Gasteiger partial charge in [0.1, 0.15) is 11.5 Å². The number of halogens is 2. The molecule has 0 atom stereocenters. The Bertz CT molecular complexity index is 674. The first-order chi connectivity index (χ1) is 9.58. The number of anilines is 2. The molecule has 102 valence electrons. The van der Waals surface area contributed by atoms with E-state index in [0.717, 1.165) is 29.8 Å². The first-order valence-electron chi connectivity index (χ1n) is 6.27. The Hall–Kier alpha value is -2.43. The minimum atomic E-state index is -0.702. The summed E-state index contributed by atoms with van der Waals surface area (Å²) in [7, 11) is 0. The number of amidine groups is 1. The number of rotatable bonds is 2. The van der Waals surface area contributed by atoms with Gasteiger partial charge < -0.3 is 10.6 Å². The fourth-order valence-electron chi connectivity index (χ4n) is 2.55.